The average molecular weight is 427 g/mol. The smallest absolute Gasteiger partial charge is 0.374 e. The van der Waals surface area contributed by atoms with E-state index in [4.69, 9.17) is 18.6 Å². The van der Waals surface area contributed by atoms with Crippen molar-refractivity contribution < 1.29 is 32.6 Å². The molecule has 7 nitrogen and oxygen atoms in total. The van der Waals surface area contributed by atoms with E-state index >= 15 is 0 Å². The zero-order chi connectivity index (χ0) is 22.1. The van der Waals surface area contributed by atoms with Gasteiger partial charge in [0, 0.05) is 0 Å². The molecule has 3 rings (SSSR count). The van der Waals surface area contributed by atoms with E-state index in [1.54, 1.807) is 6.07 Å². The minimum atomic E-state index is -0.765. The van der Waals surface area contributed by atoms with Crippen LogP contribution in [0.4, 0.5) is 4.39 Å². The maximum Gasteiger partial charge on any atom is 0.374 e. The summed E-state index contributed by atoms with van der Waals surface area (Å²) in [7, 11) is 0. The van der Waals surface area contributed by atoms with Crippen LogP contribution in [0.5, 0.6) is 11.5 Å². The maximum atomic E-state index is 12.9. The molecule has 162 valence electrons. The van der Waals surface area contributed by atoms with E-state index in [-0.39, 0.29) is 24.7 Å². The number of hydrogen-bond donors (Lipinski definition) is 1. The summed E-state index contributed by atoms with van der Waals surface area (Å²) < 4.78 is 34.1. The summed E-state index contributed by atoms with van der Waals surface area (Å²) in [6.45, 7) is 2.14. The maximum absolute atomic E-state index is 12.9. The number of carbonyl (C=O) groups is 2. The van der Waals surface area contributed by atoms with Crippen LogP contribution in [0.15, 0.2) is 65.1 Å². The Balaban J connectivity index is 1.34. The number of amides is 1. The molecule has 0 saturated carbocycles. The Morgan fingerprint density at radius 1 is 1.00 bits per heavy atom. The lowest BCUT2D eigenvalue weighted by Gasteiger charge is -2.08. The molecule has 1 amide bonds. The third kappa shape index (κ3) is 7.18. The van der Waals surface area contributed by atoms with E-state index in [0.717, 1.165) is 11.3 Å². The largest absolute Gasteiger partial charge is 0.492 e. The highest BCUT2D eigenvalue weighted by atomic mass is 19.1. The van der Waals surface area contributed by atoms with Gasteiger partial charge in [-0.2, -0.15) is 0 Å². The van der Waals surface area contributed by atoms with Crippen LogP contribution in [0, 0.1) is 12.7 Å². The Labute approximate surface area is 178 Å². The molecule has 0 radical (unpaired) electrons. The highest BCUT2D eigenvalue weighted by molar-refractivity contribution is 5.88. The number of esters is 1. The van der Waals surface area contributed by atoms with Crippen molar-refractivity contribution in [1.29, 1.82) is 0 Å². The van der Waals surface area contributed by atoms with E-state index in [0.29, 0.717) is 18.1 Å². The molecule has 0 saturated heterocycles. The summed E-state index contributed by atoms with van der Waals surface area (Å²) in [5.74, 6) is -0.0602. The highest BCUT2D eigenvalue weighted by Crippen LogP contribution is 2.16. The fourth-order valence-corrected chi connectivity index (χ4v) is 2.57. The van der Waals surface area contributed by atoms with Crippen molar-refractivity contribution in [3.63, 3.8) is 0 Å². The van der Waals surface area contributed by atoms with Crippen molar-refractivity contribution in [2.24, 2.45) is 0 Å². The fraction of sp³-hybridized carbons (Fsp3) is 0.217. The van der Waals surface area contributed by atoms with Crippen molar-refractivity contribution in [2.45, 2.75) is 13.5 Å². The minimum absolute atomic E-state index is 0.0479. The predicted molar refractivity (Wildman–Crippen MR) is 109 cm³/mol. The minimum Gasteiger partial charge on any atom is -0.492 e. The van der Waals surface area contributed by atoms with Gasteiger partial charge in [0.05, 0.1) is 6.54 Å². The molecule has 1 aromatic heterocycles. The molecular weight excluding hydrogens is 405 g/mol. The topological polar surface area (TPSA) is 87.0 Å². The van der Waals surface area contributed by atoms with Gasteiger partial charge >= 0.3 is 5.97 Å². The molecule has 1 heterocycles. The van der Waals surface area contributed by atoms with Crippen molar-refractivity contribution in [3.05, 3.63) is 83.6 Å². The van der Waals surface area contributed by atoms with E-state index in [1.165, 1.54) is 30.3 Å². The molecule has 8 heteroatoms. The first-order valence-electron chi connectivity index (χ1n) is 9.60. The van der Waals surface area contributed by atoms with Gasteiger partial charge in [0.1, 0.15) is 36.3 Å². The van der Waals surface area contributed by atoms with Crippen LogP contribution in [0.3, 0.4) is 0 Å². The lowest BCUT2D eigenvalue weighted by atomic mass is 10.2. The zero-order valence-electron chi connectivity index (χ0n) is 16.9. The van der Waals surface area contributed by atoms with Crippen LogP contribution in [-0.2, 0) is 16.1 Å². The summed E-state index contributed by atoms with van der Waals surface area (Å²) in [5, 5.41) is 2.60. The first kappa shape index (κ1) is 21.9. The van der Waals surface area contributed by atoms with Crippen LogP contribution < -0.4 is 14.8 Å². The Kier molecular flexibility index (Phi) is 7.64. The van der Waals surface area contributed by atoms with E-state index in [1.807, 2.05) is 31.2 Å². The average Bonchev–Trinajstić information content (AvgIpc) is 3.24. The summed E-state index contributed by atoms with van der Waals surface area (Å²) >= 11 is 0. The molecule has 0 unspecified atom stereocenters. The number of benzene rings is 2. The fourth-order valence-electron chi connectivity index (χ4n) is 2.57. The van der Waals surface area contributed by atoms with Crippen molar-refractivity contribution in [2.75, 3.05) is 19.8 Å². The summed E-state index contributed by atoms with van der Waals surface area (Å²) in [6, 6.07) is 16.1. The number of rotatable bonds is 10. The first-order valence-corrected chi connectivity index (χ1v) is 9.60. The molecule has 0 fully saturated rings. The lowest BCUT2D eigenvalue weighted by molar-refractivity contribution is -0.124. The van der Waals surface area contributed by atoms with Gasteiger partial charge in [-0.3, -0.25) is 4.79 Å². The van der Waals surface area contributed by atoms with E-state index in [9.17, 15) is 14.0 Å². The molecule has 0 spiro atoms. The van der Waals surface area contributed by atoms with E-state index < -0.39 is 18.5 Å². The zero-order valence-corrected chi connectivity index (χ0v) is 16.9. The quantitative estimate of drug-likeness (QED) is 0.393. The van der Waals surface area contributed by atoms with Gasteiger partial charge in [-0.05, 0) is 61.0 Å². The molecular formula is C23H22FNO6. The van der Waals surface area contributed by atoms with E-state index in [2.05, 4.69) is 5.32 Å². The van der Waals surface area contributed by atoms with Crippen LogP contribution in [0.1, 0.15) is 21.9 Å². The first-order chi connectivity index (χ1) is 15.0. The molecule has 0 atom stereocenters. The number of aryl methyl sites for hydroxylation is 1. The third-order valence-electron chi connectivity index (χ3n) is 4.07. The SMILES string of the molecule is Cc1cccc(OCCNC(=O)COC(=O)c2ccc(COc3ccc(F)cc3)o2)c1. The van der Waals surface area contributed by atoms with Crippen molar-refractivity contribution >= 4 is 11.9 Å². The number of hydrogen-bond acceptors (Lipinski definition) is 6. The number of carbonyl (C=O) groups excluding carboxylic acids is 2. The lowest BCUT2D eigenvalue weighted by Crippen LogP contribution is -2.32. The van der Waals surface area contributed by atoms with Crippen LogP contribution >= 0.6 is 0 Å². The molecule has 0 aliphatic rings. The molecule has 1 N–H and O–H groups in total. The summed E-state index contributed by atoms with van der Waals surface area (Å²) in [4.78, 5) is 23.8. The standard InChI is InChI=1S/C23H22FNO6/c1-16-3-2-4-19(13-16)28-12-11-25-22(26)15-30-23(27)21-10-9-20(31-21)14-29-18-7-5-17(24)6-8-18/h2-10,13H,11-12,14-15H2,1H3,(H,25,26). The van der Waals surface area contributed by atoms with Gasteiger partial charge in [0.2, 0.25) is 5.76 Å². The number of halogens is 1. The molecule has 0 bridgehead atoms. The second kappa shape index (κ2) is 10.8. The Bertz CT molecular complexity index is 1010. The number of furan rings is 1. The Hall–Kier alpha value is -3.81. The summed E-state index contributed by atoms with van der Waals surface area (Å²) in [6.07, 6.45) is 0. The highest BCUT2D eigenvalue weighted by Gasteiger charge is 2.15. The van der Waals surface area contributed by atoms with Gasteiger partial charge in [-0.25, -0.2) is 9.18 Å². The van der Waals surface area contributed by atoms with Gasteiger partial charge in [0.25, 0.3) is 5.91 Å². The molecule has 0 aliphatic heterocycles. The Morgan fingerprint density at radius 2 is 1.81 bits per heavy atom. The van der Waals surface area contributed by atoms with Crippen LogP contribution in [-0.4, -0.2) is 31.6 Å². The Morgan fingerprint density at radius 3 is 2.58 bits per heavy atom. The number of nitrogens with one attached hydrogen (secondary N) is 1. The normalized spacial score (nSPS) is 10.4. The van der Waals surface area contributed by atoms with Crippen LogP contribution in [0.25, 0.3) is 0 Å². The van der Waals surface area contributed by atoms with Crippen LogP contribution in [0.2, 0.25) is 0 Å². The predicted octanol–water partition coefficient (Wildman–Crippen LogP) is 3.66. The molecule has 3 aromatic rings. The third-order valence-corrected chi connectivity index (χ3v) is 4.07. The molecule has 31 heavy (non-hydrogen) atoms. The van der Waals surface area contributed by atoms with Gasteiger partial charge in [-0.15, -0.1) is 0 Å². The van der Waals surface area contributed by atoms with Crippen molar-refractivity contribution in [3.8, 4) is 11.5 Å². The number of ether oxygens (including phenoxy) is 3. The van der Waals surface area contributed by atoms with Gasteiger partial charge in [0.15, 0.2) is 6.61 Å². The van der Waals surface area contributed by atoms with Gasteiger partial charge < -0.3 is 23.9 Å². The second-order valence-corrected chi connectivity index (χ2v) is 6.60. The van der Waals surface area contributed by atoms with Crippen molar-refractivity contribution in [1.82, 2.24) is 5.32 Å². The van der Waals surface area contributed by atoms with Gasteiger partial charge in [-0.1, -0.05) is 12.1 Å². The molecule has 0 aliphatic carbocycles. The second-order valence-electron chi connectivity index (χ2n) is 6.60. The molecule has 2 aromatic carbocycles. The summed E-state index contributed by atoms with van der Waals surface area (Å²) in [5.41, 5.74) is 1.08. The monoisotopic (exact) mass is 427 g/mol.